The van der Waals surface area contributed by atoms with E-state index in [2.05, 4.69) is 5.32 Å². The van der Waals surface area contributed by atoms with E-state index < -0.39 is 0 Å². The van der Waals surface area contributed by atoms with Crippen molar-refractivity contribution in [2.45, 2.75) is 26.4 Å². The molecule has 1 amide bonds. The van der Waals surface area contributed by atoms with Crippen LogP contribution in [0.4, 0.5) is 0 Å². The van der Waals surface area contributed by atoms with Gasteiger partial charge in [0, 0.05) is 26.2 Å². The predicted octanol–water partition coefficient (Wildman–Crippen LogP) is 1.45. The summed E-state index contributed by atoms with van der Waals surface area (Å²) in [6, 6.07) is 7.80. The topological polar surface area (TPSA) is 41.6 Å². The van der Waals surface area contributed by atoms with Gasteiger partial charge in [-0.25, -0.2) is 0 Å². The summed E-state index contributed by atoms with van der Waals surface area (Å²) in [5.74, 6) is 1.06. The molecule has 0 aromatic heterocycles. The van der Waals surface area contributed by atoms with Crippen molar-refractivity contribution in [2.75, 3.05) is 26.2 Å². The minimum atomic E-state index is 0.174. The molecule has 1 saturated heterocycles. The molecule has 1 aromatic rings. The fourth-order valence-electron chi connectivity index (χ4n) is 2.16. The highest BCUT2D eigenvalue weighted by Crippen LogP contribution is 2.14. The van der Waals surface area contributed by atoms with E-state index in [0.29, 0.717) is 6.42 Å². The number of nitrogens with zero attached hydrogens (tertiary/aromatic N) is 1. The fraction of sp³-hybridized carbons (Fsp3) is 0.533. The van der Waals surface area contributed by atoms with Crippen molar-refractivity contribution in [1.82, 2.24) is 10.2 Å². The minimum Gasteiger partial charge on any atom is -0.491 e. The summed E-state index contributed by atoms with van der Waals surface area (Å²) in [6.45, 7) is 7.42. The van der Waals surface area contributed by atoms with Gasteiger partial charge in [-0.2, -0.15) is 0 Å². The number of amides is 1. The molecular weight excluding hydrogens is 240 g/mol. The third-order valence-electron chi connectivity index (χ3n) is 3.12. The van der Waals surface area contributed by atoms with E-state index in [9.17, 15) is 4.79 Å². The van der Waals surface area contributed by atoms with Gasteiger partial charge >= 0.3 is 0 Å². The van der Waals surface area contributed by atoms with Gasteiger partial charge in [-0.1, -0.05) is 12.1 Å². The smallest absolute Gasteiger partial charge is 0.227 e. The van der Waals surface area contributed by atoms with Crippen molar-refractivity contribution in [3.63, 3.8) is 0 Å². The van der Waals surface area contributed by atoms with Crippen LogP contribution in [-0.4, -0.2) is 43.1 Å². The number of benzene rings is 1. The molecule has 4 heteroatoms. The molecule has 19 heavy (non-hydrogen) atoms. The Balaban J connectivity index is 1.89. The molecule has 1 N–H and O–H groups in total. The van der Waals surface area contributed by atoms with E-state index in [4.69, 9.17) is 4.74 Å². The Labute approximate surface area is 114 Å². The number of piperazine rings is 1. The van der Waals surface area contributed by atoms with Crippen LogP contribution in [0.15, 0.2) is 24.3 Å². The number of carbonyl (C=O) groups is 1. The number of ether oxygens (including phenoxy) is 1. The maximum atomic E-state index is 12.1. The summed E-state index contributed by atoms with van der Waals surface area (Å²) in [5.41, 5.74) is 1.04. The van der Waals surface area contributed by atoms with Crippen LogP contribution in [0.3, 0.4) is 0 Å². The van der Waals surface area contributed by atoms with Crippen LogP contribution in [0.2, 0.25) is 0 Å². The molecule has 1 heterocycles. The first-order valence-electron chi connectivity index (χ1n) is 6.89. The second-order valence-corrected chi connectivity index (χ2v) is 5.12. The van der Waals surface area contributed by atoms with Crippen molar-refractivity contribution >= 4 is 5.91 Å². The Kier molecular flexibility index (Phi) is 4.80. The number of rotatable bonds is 4. The van der Waals surface area contributed by atoms with Crippen molar-refractivity contribution in [2.24, 2.45) is 0 Å². The first-order valence-corrected chi connectivity index (χ1v) is 6.89. The lowest BCUT2D eigenvalue weighted by Gasteiger charge is -2.27. The van der Waals surface area contributed by atoms with Gasteiger partial charge in [-0.3, -0.25) is 4.79 Å². The van der Waals surface area contributed by atoms with Crippen LogP contribution in [-0.2, 0) is 11.2 Å². The Hall–Kier alpha value is -1.55. The van der Waals surface area contributed by atoms with Crippen molar-refractivity contribution in [1.29, 1.82) is 0 Å². The van der Waals surface area contributed by atoms with Gasteiger partial charge in [0.15, 0.2) is 0 Å². The molecule has 4 nitrogen and oxygen atoms in total. The largest absolute Gasteiger partial charge is 0.491 e. The first-order chi connectivity index (χ1) is 9.15. The van der Waals surface area contributed by atoms with E-state index in [0.717, 1.165) is 37.5 Å². The highest BCUT2D eigenvalue weighted by atomic mass is 16.5. The van der Waals surface area contributed by atoms with Crippen LogP contribution in [0.25, 0.3) is 0 Å². The molecule has 0 spiro atoms. The molecule has 1 aromatic carbocycles. The molecule has 0 bridgehead atoms. The van der Waals surface area contributed by atoms with Crippen molar-refractivity contribution in [3.05, 3.63) is 29.8 Å². The normalized spacial score (nSPS) is 15.6. The van der Waals surface area contributed by atoms with Gasteiger partial charge in [0.2, 0.25) is 5.91 Å². The summed E-state index contributed by atoms with van der Waals surface area (Å²) >= 11 is 0. The van der Waals surface area contributed by atoms with Crippen molar-refractivity contribution in [3.8, 4) is 5.75 Å². The van der Waals surface area contributed by atoms with Crippen LogP contribution >= 0.6 is 0 Å². The first kappa shape index (κ1) is 13.9. The third-order valence-corrected chi connectivity index (χ3v) is 3.12. The lowest BCUT2D eigenvalue weighted by atomic mass is 10.1. The van der Waals surface area contributed by atoms with Gasteiger partial charge in [-0.15, -0.1) is 0 Å². The van der Waals surface area contributed by atoms with Gasteiger partial charge in [-0.05, 0) is 31.5 Å². The van der Waals surface area contributed by atoms with Gasteiger partial charge in [0.05, 0.1) is 12.5 Å². The standard InChI is InChI=1S/C15H22N2O2/c1-12(2)19-14-5-3-13(4-6-14)11-15(18)17-9-7-16-8-10-17/h3-6,12,16H,7-11H2,1-2H3. The summed E-state index contributed by atoms with van der Waals surface area (Å²) in [6.07, 6.45) is 0.649. The lowest BCUT2D eigenvalue weighted by molar-refractivity contribution is -0.131. The SMILES string of the molecule is CC(C)Oc1ccc(CC(=O)N2CCNCC2)cc1. The monoisotopic (exact) mass is 262 g/mol. The molecule has 1 fully saturated rings. The highest BCUT2D eigenvalue weighted by molar-refractivity contribution is 5.78. The van der Waals surface area contributed by atoms with Crippen LogP contribution in [0, 0.1) is 0 Å². The zero-order chi connectivity index (χ0) is 13.7. The number of carbonyl (C=O) groups excluding carboxylic acids is 1. The molecule has 0 unspecified atom stereocenters. The third kappa shape index (κ3) is 4.24. The number of hydrogen-bond acceptors (Lipinski definition) is 3. The Morgan fingerprint density at radius 3 is 2.47 bits per heavy atom. The van der Waals surface area contributed by atoms with E-state index in [1.54, 1.807) is 0 Å². The van der Waals surface area contributed by atoms with E-state index in [1.807, 2.05) is 43.0 Å². The van der Waals surface area contributed by atoms with Crippen LogP contribution in [0.1, 0.15) is 19.4 Å². The molecule has 0 radical (unpaired) electrons. The van der Waals surface area contributed by atoms with Crippen LogP contribution in [0.5, 0.6) is 5.75 Å². The lowest BCUT2D eigenvalue weighted by Crippen LogP contribution is -2.46. The summed E-state index contributed by atoms with van der Waals surface area (Å²) < 4.78 is 5.59. The zero-order valence-electron chi connectivity index (χ0n) is 11.7. The molecule has 0 atom stereocenters. The molecular formula is C15H22N2O2. The predicted molar refractivity (Wildman–Crippen MR) is 75.4 cm³/mol. The molecule has 1 aliphatic rings. The molecule has 2 rings (SSSR count). The molecule has 1 aliphatic heterocycles. The summed E-state index contributed by atoms with van der Waals surface area (Å²) in [5, 5.41) is 3.25. The van der Waals surface area contributed by atoms with E-state index in [1.165, 1.54) is 0 Å². The second kappa shape index (κ2) is 6.57. The van der Waals surface area contributed by atoms with Crippen molar-refractivity contribution < 1.29 is 9.53 Å². The average molecular weight is 262 g/mol. The Bertz CT molecular complexity index is 409. The highest BCUT2D eigenvalue weighted by Gasteiger charge is 2.16. The number of hydrogen-bond donors (Lipinski definition) is 1. The quantitative estimate of drug-likeness (QED) is 0.893. The fourth-order valence-corrected chi connectivity index (χ4v) is 2.16. The summed E-state index contributed by atoms with van der Waals surface area (Å²) in [4.78, 5) is 14.0. The minimum absolute atomic E-state index is 0.174. The molecule has 104 valence electrons. The van der Waals surface area contributed by atoms with Crippen LogP contribution < -0.4 is 10.1 Å². The second-order valence-electron chi connectivity index (χ2n) is 5.12. The molecule has 0 aliphatic carbocycles. The maximum Gasteiger partial charge on any atom is 0.227 e. The average Bonchev–Trinajstić information content (AvgIpc) is 2.41. The van der Waals surface area contributed by atoms with Gasteiger partial charge in [0.25, 0.3) is 0 Å². The Morgan fingerprint density at radius 2 is 1.89 bits per heavy atom. The summed E-state index contributed by atoms with van der Waals surface area (Å²) in [7, 11) is 0. The zero-order valence-corrected chi connectivity index (χ0v) is 11.7. The van der Waals surface area contributed by atoms with Gasteiger partial charge < -0.3 is 15.0 Å². The maximum absolute atomic E-state index is 12.1. The van der Waals surface area contributed by atoms with E-state index >= 15 is 0 Å². The molecule has 0 saturated carbocycles. The van der Waals surface area contributed by atoms with E-state index in [-0.39, 0.29) is 12.0 Å². The van der Waals surface area contributed by atoms with Gasteiger partial charge in [0.1, 0.15) is 5.75 Å². The number of nitrogens with one attached hydrogen (secondary N) is 1. The Morgan fingerprint density at radius 1 is 1.26 bits per heavy atom.